The SMILES string of the molecule is O=c1[nH]c(=O)n(-c2ccccc2F)c(O)c1/C=N/N1CCCC[C@H]1c1cccnc1. The number of halogens is 1. The van der Waals surface area contributed by atoms with E-state index in [0.29, 0.717) is 11.1 Å². The number of benzene rings is 1. The smallest absolute Gasteiger partial charge is 0.335 e. The molecule has 9 heteroatoms. The van der Waals surface area contributed by atoms with Gasteiger partial charge in [-0.15, -0.1) is 0 Å². The number of pyridine rings is 1. The number of hydrazone groups is 1. The molecule has 1 aliphatic rings. The Hall–Kier alpha value is -3.75. The Morgan fingerprint density at radius 2 is 2.03 bits per heavy atom. The first-order chi connectivity index (χ1) is 14.6. The topological polar surface area (TPSA) is 104 Å². The van der Waals surface area contributed by atoms with Crippen LogP contribution < -0.4 is 11.2 Å². The number of rotatable bonds is 4. The summed E-state index contributed by atoms with van der Waals surface area (Å²) in [6, 6.07) is 9.29. The van der Waals surface area contributed by atoms with E-state index in [0.717, 1.165) is 30.9 Å². The van der Waals surface area contributed by atoms with Gasteiger partial charge in [0.15, 0.2) is 0 Å². The van der Waals surface area contributed by atoms with Gasteiger partial charge in [-0.3, -0.25) is 19.8 Å². The average Bonchev–Trinajstić information content (AvgIpc) is 2.75. The van der Waals surface area contributed by atoms with Crippen molar-refractivity contribution in [2.75, 3.05) is 6.54 Å². The number of hydrogen-bond acceptors (Lipinski definition) is 6. The van der Waals surface area contributed by atoms with E-state index in [-0.39, 0.29) is 17.3 Å². The number of para-hydroxylation sites is 1. The largest absolute Gasteiger partial charge is 0.493 e. The lowest BCUT2D eigenvalue weighted by Gasteiger charge is -2.33. The monoisotopic (exact) mass is 409 g/mol. The first-order valence-corrected chi connectivity index (χ1v) is 9.60. The second-order valence-corrected chi connectivity index (χ2v) is 6.99. The second kappa shape index (κ2) is 8.32. The Morgan fingerprint density at radius 3 is 2.80 bits per heavy atom. The van der Waals surface area contributed by atoms with Gasteiger partial charge in [-0.05, 0) is 43.0 Å². The summed E-state index contributed by atoms with van der Waals surface area (Å²) in [6.07, 6.45) is 7.53. The molecule has 0 spiro atoms. The van der Waals surface area contributed by atoms with Crippen molar-refractivity contribution in [3.8, 4) is 11.6 Å². The number of nitrogens with one attached hydrogen (secondary N) is 1. The predicted molar refractivity (Wildman–Crippen MR) is 109 cm³/mol. The first-order valence-electron chi connectivity index (χ1n) is 9.60. The minimum atomic E-state index is -0.939. The van der Waals surface area contributed by atoms with Gasteiger partial charge in [0.25, 0.3) is 5.56 Å². The van der Waals surface area contributed by atoms with Crippen molar-refractivity contribution in [2.45, 2.75) is 25.3 Å². The van der Waals surface area contributed by atoms with Crippen molar-refractivity contribution in [3.63, 3.8) is 0 Å². The van der Waals surface area contributed by atoms with E-state index < -0.39 is 22.9 Å². The van der Waals surface area contributed by atoms with Crippen LogP contribution in [-0.2, 0) is 0 Å². The lowest BCUT2D eigenvalue weighted by Crippen LogP contribution is -2.33. The molecule has 1 saturated heterocycles. The van der Waals surface area contributed by atoms with Gasteiger partial charge in [-0.2, -0.15) is 5.10 Å². The second-order valence-electron chi connectivity index (χ2n) is 6.99. The number of aromatic nitrogens is 3. The highest BCUT2D eigenvalue weighted by molar-refractivity contribution is 5.82. The summed E-state index contributed by atoms with van der Waals surface area (Å²) in [5, 5.41) is 16.8. The van der Waals surface area contributed by atoms with E-state index in [1.54, 1.807) is 12.4 Å². The molecule has 0 aliphatic carbocycles. The van der Waals surface area contributed by atoms with Crippen LogP contribution in [0, 0.1) is 5.82 Å². The number of hydrogen-bond donors (Lipinski definition) is 2. The zero-order valence-electron chi connectivity index (χ0n) is 16.0. The lowest BCUT2D eigenvalue weighted by molar-refractivity contribution is 0.156. The molecule has 2 N–H and O–H groups in total. The van der Waals surface area contributed by atoms with E-state index in [1.807, 2.05) is 17.1 Å². The van der Waals surface area contributed by atoms with Gasteiger partial charge in [0.1, 0.15) is 11.4 Å². The molecule has 0 unspecified atom stereocenters. The summed E-state index contributed by atoms with van der Waals surface area (Å²) < 4.78 is 14.9. The standard InChI is InChI=1S/C21H20FN5O3/c22-16-7-1-2-9-18(16)27-20(29)15(19(28)25-21(27)30)13-24-26-11-4-3-8-17(26)14-6-5-10-23-12-14/h1-2,5-7,9-10,12-13,17,29H,3-4,8,11H2,(H,25,28,30)/b24-13+/t17-/m0/s1. The maximum Gasteiger partial charge on any atom is 0.335 e. The summed E-state index contributed by atoms with van der Waals surface area (Å²) in [6.45, 7) is 0.668. The van der Waals surface area contributed by atoms with Gasteiger partial charge in [0.05, 0.1) is 17.9 Å². The molecule has 30 heavy (non-hydrogen) atoms. The average molecular weight is 409 g/mol. The van der Waals surface area contributed by atoms with Gasteiger partial charge in [-0.1, -0.05) is 18.2 Å². The van der Waals surface area contributed by atoms with E-state index in [9.17, 15) is 19.1 Å². The number of piperidine rings is 1. The van der Waals surface area contributed by atoms with Crippen LogP contribution in [0.4, 0.5) is 4.39 Å². The van der Waals surface area contributed by atoms with Crippen molar-refractivity contribution in [1.82, 2.24) is 19.5 Å². The van der Waals surface area contributed by atoms with Crippen LogP contribution in [0.15, 0.2) is 63.5 Å². The minimum Gasteiger partial charge on any atom is -0.493 e. The van der Waals surface area contributed by atoms with Gasteiger partial charge in [0, 0.05) is 18.9 Å². The van der Waals surface area contributed by atoms with E-state index in [2.05, 4.69) is 15.1 Å². The molecule has 0 bridgehead atoms. The van der Waals surface area contributed by atoms with Gasteiger partial charge in [-0.25, -0.2) is 13.8 Å². The van der Waals surface area contributed by atoms with Crippen molar-refractivity contribution in [1.29, 1.82) is 0 Å². The third-order valence-corrected chi connectivity index (χ3v) is 5.09. The maximum absolute atomic E-state index is 14.2. The molecule has 2 aromatic heterocycles. The van der Waals surface area contributed by atoms with Crippen molar-refractivity contribution in [2.24, 2.45) is 5.10 Å². The molecule has 1 atom stereocenters. The molecular weight excluding hydrogens is 389 g/mol. The van der Waals surface area contributed by atoms with Crippen LogP contribution in [0.2, 0.25) is 0 Å². The summed E-state index contributed by atoms with van der Waals surface area (Å²) in [5.41, 5.74) is -1.14. The third kappa shape index (κ3) is 3.73. The molecule has 1 aliphatic heterocycles. The summed E-state index contributed by atoms with van der Waals surface area (Å²) in [7, 11) is 0. The molecule has 0 radical (unpaired) electrons. The molecule has 0 saturated carbocycles. The fraction of sp³-hybridized carbons (Fsp3) is 0.238. The zero-order valence-corrected chi connectivity index (χ0v) is 16.0. The van der Waals surface area contributed by atoms with Crippen LogP contribution in [0.1, 0.15) is 36.4 Å². The number of H-pyrrole nitrogens is 1. The summed E-state index contributed by atoms with van der Waals surface area (Å²) in [5.74, 6) is -1.38. The molecule has 0 amide bonds. The predicted octanol–water partition coefficient (Wildman–Crippen LogP) is 2.33. The van der Waals surface area contributed by atoms with Crippen molar-refractivity contribution in [3.05, 3.63) is 86.6 Å². The normalized spacial score (nSPS) is 16.8. The Kier molecular flexibility index (Phi) is 5.42. The molecule has 8 nitrogen and oxygen atoms in total. The Morgan fingerprint density at radius 1 is 1.20 bits per heavy atom. The third-order valence-electron chi connectivity index (χ3n) is 5.09. The zero-order chi connectivity index (χ0) is 21.1. The van der Waals surface area contributed by atoms with E-state index in [1.165, 1.54) is 24.4 Å². The minimum absolute atomic E-state index is 0.0117. The summed E-state index contributed by atoms with van der Waals surface area (Å²) >= 11 is 0. The fourth-order valence-corrected chi connectivity index (χ4v) is 3.61. The molecule has 1 aromatic carbocycles. The molecule has 3 heterocycles. The quantitative estimate of drug-likeness (QED) is 0.644. The van der Waals surface area contributed by atoms with Crippen LogP contribution in [0.25, 0.3) is 5.69 Å². The lowest BCUT2D eigenvalue weighted by atomic mass is 9.98. The summed E-state index contributed by atoms with van der Waals surface area (Å²) in [4.78, 5) is 30.8. The fourth-order valence-electron chi connectivity index (χ4n) is 3.61. The number of nitrogens with zero attached hydrogens (tertiary/aromatic N) is 4. The maximum atomic E-state index is 14.2. The molecule has 4 rings (SSSR count). The molecular formula is C21H20FN5O3. The van der Waals surface area contributed by atoms with Crippen LogP contribution >= 0.6 is 0 Å². The van der Waals surface area contributed by atoms with Crippen molar-refractivity contribution >= 4 is 6.21 Å². The number of aromatic amines is 1. The number of aromatic hydroxyl groups is 1. The Balaban J connectivity index is 1.73. The Bertz CT molecular complexity index is 1190. The van der Waals surface area contributed by atoms with Crippen LogP contribution in [0.5, 0.6) is 5.88 Å². The highest BCUT2D eigenvalue weighted by Crippen LogP contribution is 2.30. The van der Waals surface area contributed by atoms with Crippen molar-refractivity contribution < 1.29 is 9.50 Å². The van der Waals surface area contributed by atoms with Gasteiger partial charge in [0.2, 0.25) is 5.88 Å². The molecule has 154 valence electrons. The first kappa shape index (κ1) is 19.6. The van der Waals surface area contributed by atoms with Crippen LogP contribution in [-0.4, -0.2) is 37.4 Å². The van der Waals surface area contributed by atoms with E-state index in [4.69, 9.17) is 0 Å². The van der Waals surface area contributed by atoms with E-state index >= 15 is 0 Å². The van der Waals surface area contributed by atoms with Crippen LogP contribution in [0.3, 0.4) is 0 Å². The Labute approximate surface area is 171 Å². The highest BCUT2D eigenvalue weighted by Gasteiger charge is 2.23. The molecule has 3 aromatic rings. The van der Waals surface area contributed by atoms with Gasteiger partial charge < -0.3 is 5.11 Å². The molecule has 1 fully saturated rings. The highest BCUT2D eigenvalue weighted by atomic mass is 19.1. The van der Waals surface area contributed by atoms with Gasteiger partial charge >= 0.3 is 5.69 Å².